The van der Waals surface area contributed by atoms with Gasteiger partial charge in [-0.1, -0.05) is 45.0 Å². The van der Waals surface area contributed by atoms with Crippen LogP contribution in [0.2, 0.25) is 0 Å². The third-order valence-corrected chi connectivity index (χ3v) is 6.41. The molecule has 1 aromatic carbocycles. The molecule has 0 saturated heterocycles. The summed E-state index contributed by atoms with van der Waals surface area (Å²) in [5, 5.41) is 6.64. The third kappa shape index (κ3) is 7.89. The van der Waals surface area contributed by atoms with Crippen LogP contribution in [0, 0.1) is 5.41 Å². The van der Waals surface area contributed by atoms with Gasteiger partial charge in [0.05, 0.1) is 12.3 Å². The van der Waals surface area contributed by atoms with Gasteiger partial charge in [0.2, 0.25) is 0 Å². The van der Waals surface area contributed by atoms with Crippen molar-refractivity contribution >= 4 is 39.8 Å². The van der Waals surface area contributed by atoms with Crippen molar-refractivity contribution in [2.45, 2.75) is 52.4 Å². The van der Waals surface area contributed by atoms with Crippen LogP contribution in [0.4, 0.5) is 0 Å². The molecule has 0 aromatic heterocycles. The van der Waals surface area contributed by atoms with E-state index in [0.29, 0.717) is 13.1 Å². The lowest BCUT2D eigenvalue weighted by molar-refractivity contribution is 0.520. The number of benzene rings is 1. The lowest BCUT2D eigenvalue weighted by Crippen LogP contribution is -2.42. The summed E-state index contributed by atoms with van der Waals surface area (Å²) in [5.74, 6) is 1.01. The Kier molecular flexibility index (Phi) is 9.25. The molecule has 1 fully saturated rings. The highest BCUT2D eigenvalue weighted by atomic mass is 127. The van der Waals surface area contributed by atoms with Gasteiger partial charge in [-0.2, -0.15) is 0 Å². The fraction of sp³-hybridized carbons (Fsp3) is 0.667. The van der Waals surface area contributed by atoms with E-state index in [0.717, 1.165) is 31.8 Å². The first kappa shape index (κ1) is 25.2. The van der Waals surface area contributed by atoms with Gasteiger partial charge in [0, 0.05) is 30.2 Å². The number of sulfone groups is 1. The number of rotatable bonds is 9. The summed E-state index contributed by atoms with van der Waals surface area (Å²) in [6.07, 6.45) is 4.28. The van der Waals surface area contributed by atoms with Crippen LogP contribution in [0.1, 0.15) is 51.7 Å². The van der Waals surface area contributed by atoms with E-state index in [-0.39, 0.29) is 40.6 Å². The molecule has 0 aliphatic heterocycles. The molecular weight excluding hydrogens is 485 g/mol. The molecule has 0 atom stereocenters. The summed E-state index contributed by atoms with van der Waals surface area (Å²) in [6, 6.07) is 8.76. The average Bonchev–Trinajstić information content (AvgIpc) is 3.35. The summed E-state index contributed by atoms with van der Waals surface area (Å²) in [6.45, 7) is 10.7. The van der Waals surface area contributed by atoms with E-state index in [1.54, 1.807) is 0 Å². The molecule has 2 N–H and O–H groups in total. The predicted molar refractivity (Wildman–Crippen MR) is 130 cm³/mol. The minimum absolute atomic E-state index is 0. The van der Waals surface area contributed by atoms with Crippen LogP contribution in [-0.4, -0.2) is 46.0 Å². The van der Waals surface area contributed by atoms with Crippen LogP contribution in [0.5, 0.6) is 0 Å². The van der Waals surface area contributed by atoms with Crippen LogP contribution >= 0.6 is 24.0 Å². The van der Waals surface area contributed by atoms with Crippen molar-refractivity contribution in [3.05, 3.63) is 35.4 Å². The van der Waals surface area contributed by atoms with E-state index in [1.165, 1.54) is 17.4 Å². The number of hydrogen-bond donors (Lipinski definition) is 2. The van der Waals surface area contributed by atoms with Gasteiger partial charge in [-0.25, -0.2) is 8.42 Å². The average molecular weight is 522 g/mol. The number of aliphatic imine (C=N–C) groups is 1. The van der Waals surface area contributed by atoms with Gasteiger partial charge >= 0.3 is 0 Å². The van der Waals surface area contributed by atoms with Crippen molar-refractivity contribution < 1.29 is 8.42 Å². The highest BCUT2D eigenvalue weighted by Gasteiger charge is 2.45. The molecule has 0 amide bonds. The van der Waals surface area contributed by atoms with Gasteiger partial charge in [0.15, 0.2) is 5.96 Å². The summed E-state index contributed by atoms with van der Waals surface area (Å²) in [5.41, 5.74) is 2.43. The highest BCUT2D eigenvalue weighted by Crippen LogP contribution is 2.46. The fourth-order valence-electron chi connectivity index (χ4n) is 3.28. The minimum atomic E-state index is -2.96. The topological polar surface area (TPSA) is 70.6 Å². The summed E-state index contributed by atoms with van der Waals surface area (Å²) in [7, 11) is -2.96. The molecule has 2 rings (SSSR count). The maximum atomic E-state index is 11.6. The molecular formula is C21H36IN3O2S. The Balaban J connectivity index is 0.00000392. The first-order chi connectivity index (χ1) is 12.6. The van der Waals surface area contributed by atoms with Gasteiger partial charge in [0.25, 0.3) is 0 Å². The highest BCUT2D eigenvalue weighted by molar-refractivity contribution is 14.0. The molecule has 1 aromatic rings. The fourth-order valence-corrected chi connectivity index (χ4v) is 4.78. The van der Waals surface area contributed by atoms with Crippen molar-refractivity contribution in [2.75, 3.05) is 31.6 Å². The predicted octanol–water partition coefficient (Wildman–Crippen LogP) is 3.52. The van der Waals surface area contributed by atoms with E-state index < -0.39 is 9.84 Å². The van der Waals surface area contributed by atoms with Gasteiger partial charge in [0.1, 0.15) is 9.84 Å². The van der Waals surface area contributed by atoms with Crippen LogP contribution in [0.25, 0.3) is 0 Å². The molecule has 0 unspecified atom stereocenters. The van der Waals surface area contributed by atoms with Crippen molar-refractivity contribution in [3.8, 4) is 0 Å². The maximum absolute atomic E-state index is 11.6. The number of nitrogens with one attached hydrogen (secondary N) is 2. The zero-order valence-corrected chi connectivity index (χ0v) is 21.0. The number of nitrogens with zero attached hydrogens (tertiary/aromatic N) is 1. The van der Waals surface area contributed by atoms with Crippen molar-refractivity contribution in [1.82, 2.24) is 10.6 Å². The van der Waals surface area contributed by atoms with E-state index in [9.17, 15) is 8.42 Å². The monoisotopic (exact) mass is 521 g/mol. The Labute approximate surface area is 188 Å². The number of aryl methyl sites for hydroxylation is 1. The maximum Gasteiger partial charge on any atom is 0.191 e. The first-order valence-corrected chi connectivity index (χ1v) is 11.9. The van der Waals surface area contributed by atoms with Crippen LogP contribution in [-0.2, 0) is 21.7 Å². The quantitative estimate of drug-likeness (QED) is 0.297. The molecule has 28 heavy (non-hydrogen) atoms. The molecule has 0 heterocycles. The Morgan fingerprint density at radius 1 is 1.14 bits per heavy atom. The van der Waals surface area contributed by atoms with Crippen molar-refractivity contribution in [2.24, 2.45) is 10.4 Å². The van der Waals surface area contributed by atoms with E-state index >= 15 is 0 Å². The number of hydrogen-bond acceptors (Lipinski definition) is 3. The SMILES string of the molecule is CCNC(=NCC(C)(C)c1ccc(CC)cc1)NCC1(CS(C)(=O)=O)CC1.I. The van der Waals surface area contributed by atoms with Gasteiger partial charge < -0.3 is 10.6 Å². The standard InChI is InChI=1S/C21H35N3O2S.HI/c1-6-17-8-10-18(11-9-17)20(3,4)14-23-19(22-7-2)24-15-21(12-13-21)16-27(5,25)26;/h8-11H,6-7,12-16H2,1-5H3,(H2,22,23,24);1H. The zero-order chi connectivity index (χ0) is 20.1. The largest absolute Gasteiger partial charge is 0.357 e. The molecule has 5 nitrogen and oxygen atoms in total. The Morgan fingerprint density at radius 2 is 1.75 bits per heavy atom. The van der Waals surface area contributed by atoms with Crippen LogP contribution < -0.4 is 10.6 Å². The Morgan fingerprint density at radius 3 is 2.21 bits per heavy atom. The Hall–Kier alpha value is -0.830. The molecule has 0 radical (unpaired) electrons. The van der Waals surface area contributed by atoms with Crippen molar-refractivity contribution in [3.63, 3.8) is 0 Å². The summed E-state index contributed by atoms with van der Waals surface area (Å²) >= 11 is 0. The molecule has 1 saturated carbocycles. The molecule has 1 aliphatic carbocycles. The van der Waals surface area contributed by atoms with Gasteiger partial charge in [-0.3, -0.25) is 4.99 Å². The normalized spacial score (nSPS) is 16.2. The summed E-state index contributed by atoms with van der Waals surface area (Å²) < 4.78 is 23.3. The lowest BCUT2D eigenvalue weighted by atomic mass is 9.84. The summed E-state index contributed by atoms with van der Waals surface area (Å²) in [4.78, 5) is 4.78. The molecule has 160 valence electrons. The zero-order valence-electron chi connectivity index (χ0n) is 17.8. The van der Waals surface area contributed by atoms with Gasteiger partial charge in [-0.15, -0.1) is 24.0 Å². The molecule has 0 bridgehead atoms. The number of guanidine groups is 1. The number of halogens is 1. The minimum Gasteiger partial charge on any atom is -0.357 e. The van der Waals surface area contributed by atoms with E-state index in [1.807, 2.05) is 6.92 Å². The smallest absolute Gasteiger partial charge is 0.191 e. The van der Waals surface area contributed by atoms with E-state index in [4.69, 9.17) is 4.99 Å². The van der Waals surface area contributed by atoms with Crippen LogP contribution in [0.3, 0.4) is 0 Å². The second-order valence-electron chi connectivity index (χ2n) is 8.55. The molecule has 1 aliphatic rings. The Bertz CT molecular complexity index is 754. The second-order valence-corrected chi connectivity index (χ2v) is 10.7. The molecule has 0 spiro atoms. The first-order valence-electron chi connectivity index (χ1n) is 9.88. The third-order valence-electron chi connectivity index (χ3n) is 5.28. The van der Waals surface area contributed by atoms with E-state index in [2.05, 4.69) is 55.7 Å². The van der Waals surface area contributed by atoms with Crippen molar-refractivity contribution in [1.29, 1.82) is 0 Å². The second kappa shape index (κ2) is 10.3. The molecule has 7 heteroatoms. The van der Waals surface area contributed by atoms with Gasteiger partial charge in [-0.05, 0) is 37.3 Å². The van der Waals surface area contributed by atoms with Crippen LogP contribution in [0.15, 0.2) is 29.3 Å². The lowest BCUT2D eigenvalue weighted by Gasteiger charge is -2.24.